The second kappa shape index (κ2) is 76.6. The zero-order valence-electron chi connectivity index (χ0n) is 62.5. The topological polar surface area (TPSA) is 111 Å². The number of unbranched alkanes of at least 4 members (excludes halogenated alkanes) is 9. The smallest absolute Gasteiger partial charge is 0.306 e. The van der Waals surface area contributed by atoms with Gasteiger partial charge in [0.05, 0.1) is 40.3 Å². The number of hydrogen-bond acceptors (Lipinski definition) is 8. The van der Waals surface area contributed by atoms with Crippen LogP contribution < -0.4 is 5.11 Å². The fraction of sp³-hybridized carbons (Fsp3) is 0.500. The van der Waals surface area contributed by atoms with E-state index in [-0.39, 0.29) is 32.7 Å². The molecule has 9 nitrogen and oxygen atoms in total. The van der Waals surface area contributed by atoms with Gasteiger partial charge in [-0.15, -0.1) is 0 Å². The van der Waals surface area contributed by atoms with Gasteiger partial charge >= 0.3 is 11.9 Å². The summed E-state index contributed by atoms with van der Waals surface area (Å²) in [6.07, 6.45) is 122. The lowest BCUT2D eigenvalue weighted by Crippen LogP contribution is -2.44. The van der Waals surface area contributed by atoms with Crippen LogP contribution in [0.3, 0.4) is 0 Å². The molecule has 2 atom stereocenters. The van der Waals surface area contributed by atoms with Crippen LogP contribution >= 0.6 is 0 Å². The van der Waals surface area contributed by atoms with E-state index in [1.165, 1.54) is 6.42 Å². The molecule has 0 N–H and O–H groups in total. The molecule has 0 aliphatic rings. The van der Waals surface area contributed by atoms with Crippen molar-refractivity contribution in [1.82, 2.24) is 0 Å². The largest absolute Gasteiger partial charge is 0.545 e. The number of esters is 2. The Bertz CT molecular complexity index is 2590. The molecule has 0 saturated heterocycles. The number of carboxylic acids is 1. The van der Waals surface area contributed by atoms with Crippen molar-refractivity contribution < 1.29 is 42.9 Å². The molecule has 0 radical (unpaired) electrons. The van der Waals surface area contributed by atoms with Crippen LogP contribution in [-0.2, 0) is 33.3 Å². The van der Waals surface area contributed by atoms with Crippen molar-refractivity contribution in [2.45, 2.75) is 245 Å². The molecule has 0 aromatic heterocycles. The molecule has 9 heteroatoms. The monoisotopic (exact) mass is 1360 g/mol. The van der Waals surface area contributed by atoms with E-state index in [1.807, 2.05) is 21.1 Å². The van der Waals surface area contributed by atoms with Crippen LogP contribution in [0.15, 0.2) is 255 Å². The van der Waals surface area contributed by atoms with Crippen molar-refractivity contribution in [3.05, 3.63) is 255 Å². The Morgan fingerprint density at radius 3 is 0.828 bits per heavy atom. The summed E-state index contributed by atoms with van der Waals surface area (Å²) >= 11 is 0. The summed E-state index contributed by atoms with van der Waals surface area (Å²) in [7, 11) is 5.89. The maximum absolute atomic E-state index is 13.0. The van der Waals surface area contributed by atoms with Crippen LogP contribution in [0.2, 0.25) is 0 Å². The van der Waals surface area contributed by atoms with Gasteiger partial charge < -0.3 is 33.3 Å². The van der Waals surface area contributed by atoms with Crippen molar-refractivity contribution >= 4 is 17.9 Å². The molecular weight excluding hydrogens is 1220 g/mol. The fourth-order valence-corrected chi connectivity index (χ4v) is 9.10. The molecule has 548 valence electrons. The van der Waals surface area contributed by atoms with Gasteiger partial charge in [0.15, 0.2) is 12.4 Å². The Morgan fingerprint density at radius 2 is 0.545 bits per heavy atom. The highest BCUT2D eigenvalue weighted by molar-refractivity contribution is 5.70. The molecule has 0 aliphatic carbocycles. The number of rotatable bonds is 66. The van der Waals surface area contributed by atoms with Gasteiger partial charge in [-0.3, -0.25) is 9.59 Å². The summed E-state index contributed by atoms with van der Waals surface area (Å²) in [6.45, 7) is 4.41. The molecule has 0 rings (SSSR count). The van der Waals surface area contributed by atoms with Crippen molar-refractivity contribution in [2.75, 3.05) is 47.5 Å². The van der Waals surface area contributed by atoms with Crippen molar-refractivity contribution in [2.24, 2.45) is 0 Å². The fourth-order valence-electron chi connectivity index (χ4n) is 9.10. The molecular formula is C90H135NO8. The summed E-state index contributed by atoms with van der Waals surface area (Å²) in [5.41, 5.74) is 0. The SMILES string of the molecule is CC/C=C\C/C=C\C/C=C\C/C=C\C/C=C\C/C=C\C/C=C\C/C=C\C/C=C\C/C=C\C/C=C\CCCCCCCCCC(=O)OC(COC(=O)CCCC/C=C\C/C=C\C/C=C\C/C=C\C/C=C\C/C=C\C/C=C\C/C=C\C/C=C\C/C=C\CC)COC(OCC[N+](C)(C)C)C(=O)[O-]. The van der Waals surface area contributed by atoms with Crippen molar-refractivity contribution in [3.8, 4) is 0 Å². The minimum absolute atomic E-state index is 0.123. The molecule has 99 heavy (non-hydrogen) atoms. The number of carboxylic acid groups (broad SMARTS) is 1. The van der Waals surface area contributed by atoms with E-state index in [0.717, 1.165) is 186 Å². The van der Waals surface area contributed by atoms with Gasteiger partial charge in [-0.25, -0.2) is 0 Å². The van der Waals surface area contributed by atoms with Crippen LogP contribution in [0.25, 0.3) is 0 Å². The van der Waals surface area contributed by atoms with E-state index in [9.17, 15) is 19.5 Å². The predicted molar refractivity (Wildman–Crippen MR) is 425 cm³/mol. The molecule has 0 aromatic carbocycles. The van der Waals surface area contributed by atoms with Gasteiger partial charge in [0, 0.05) is 12.8 Å². The molecule has 0 heterocycles. The summed E-state index contributed by atoms with van der Waals surface area (Å²) in [6, 6.07) is 0. The number of ether oxygens (including phenoxy) is 4. The second-order valence-electron chi connectivity index (χ2n) is 25.1. The maximum atomic E-state index is 13.0. The van der Waals surface area contributed by atoms with E-state index in [4.69, 9.17) is 18.9 Å². The zero-order chi connectivity index (χ0) is 71.8. The molecule has 0 bridgehead atoms. The summed E-state index contributed by atoms with van der Waals surface area (Å²) in [5, 5.41) is 11.8. The summed E-state index contributed by atoms with van der Waals surface area (Å²) < 4.78 is 22.7. The highest BCUT2D eigenvalue weighted by atomic mass is 16.7. The first-order valence-corrected chi connectivity index (χ1v) is 37.8. The third kappa shape index (κ3) is 78.0. The predicted octanol–water partition coefficient (Wildman–Crippen LogP) is 23.2. The Hall–Kier alpha value is -7.17. The molecule has 0 spiro atoms. The van der Waals surface area contributed by atoms with Crippen LogP contribution in [0, 0.1) is 0 Å². The number of carbonyl (C=O) groups excluding carboxylic acids is 3. The first-order chi connectivity index (χ1) is 48.6. The van der Waals surface area contributed by atoms with Crippen LogP contribution in [0.5, 0.6) is 0 Å². The number of quaternary nitrogens is 1. The summed E-state index contributed by atoms with van der Waals surface area (Å²) in [5.74, 6) is -2.39. The van der Waals surface area contributed by atoms with E-state index >= 15 is 0 Å². The van der Waals surface area contributed by atoms with Gasteiger partial charge in [0.2, 0.25) is 0 Å². The maximum Gasteiger partial charge on any atom is 0.306 e. The summed E-state index contributed by atoms with van der Waals surface area (Å²) in [4.78, 5) is 37.5. The number of allylic oxidation sites excluding steroid dienone is 42. The zero-order valence-corrected chi connectivity index (χ0v) is 62.5. The number of likely N-dealkylation sites (N-methyl/N-ethyl adjacent to an activating group) is 1. The van der Waals surface area contributed by atoms with Gasteiger partial charge in [-0.05, 0) is 173 Å². The Balaban J connectivity index is 4.29. The molecule has 0 fully saturated rings. The van der Waals surface area contributed by atoms with Crippen molar-refractivity contribution in [3.63, 3.8) is 0 Å². The highest BCUT2D eigenvalue weighted by Gasteiger charge is 2.22. The lowest BCUT2D eigenvalue weighted by atomic mass is 10.1. The van der Waals surface area contributed by atoms with E-state index in [0.29, 0.717) is 23.9 Å². The lowest BCUT2D eigenvalue weighted by molar-refractivity contribution is -0.870. The Kier molecular flexibility index (Phi) is 71.0. The van der Waals surface area contributed by atoms with Gasteiger partial charge in [-0.2, -0.15) is 0 Å². The third-order valence-electron chi connectivity index (χ3n) is 14.8. The van der Waals surface area contributed by atoms with E-state index in [1.54, 1.807) is 0 Å². The lowest BCUT2D eigenvalue weighted by Gasteiger charge is -2.26. The highest BCUT2D eigenvalue weighted by Crippen LogP contribution is 2.13. The van der Waals surface area contributed by atoms with Crippen molar-refractivity contribution in [1.29, 1.82) is 0 Å². The quantitative estimate of drug-likeness (QED) is 0.0195. The minimum Gasteiger partial charge on any atom is -0.545 e. The van der Waals surface area contributed by atoms with E-state index < -0.39 is 30.3 Å². The average Bonchev–Trinajstić information content (AvgIpc) is 2.62. The first kappa shape index (κ1) is 91.8. The Morgan fingerprint density at radius 1 is 0.303 bits per heavy atom. The molecule has 0 aromatic rings. The molecule has 0 amide bonds. The molecule has 0 saturated carbocycles. The van der Waals surface area contributed by atoms with Gasteiger partial charge in [0.25, 0.3) is 0 Å². The average molecular weight is 1360 g/mol. The standard InChI is InChI=1S/C90H135NO8/c1-6-8-10-12-14-16-18-20-22-24-26-28-30-32-34-36-38-40-41-42-43-44-45-46-47-49-51-53-55-57-59-61-63-65-67-69-71-73-75-77-79-81-88(93)99-86(85-98-90(89(94)95)96-83-82-91(3,4)5)84-97-87(92)80-78-76-74-72-70-68-66-64-62-60-58-56-54-52-50-48-39-37-35-33-31-29-27-25-23-21-19-17-15-13-11-9-7-2/h8-11,14-17,20-23,26-29,32-35,38-40,42-43,45-46,48-49,51-52,54-55,57-58,60-61,63-64,66,70,72,86,90H,6-7,12-13,18-19,24-25,30-31,36-37,41,44,47,50,53,56,59,62,65,67-69,71,73-85H2,1-5H3/b10-8-,11-9-,16-14-,17-15-,22-20-,23-21-,28-26-,29-27-,34-32-,35-33-,40-38-,43-42-,46-45-,48-39-,51-49-,54-52-,57-55-,60-58-,63-61-,66-64-,72-70-. The second-order valence-corrected chi connectivity index (χ2v) is 25.1. The first-order valence-electron chi connectivity index (χ1n) is 37.8. The van der Waals surface area contributed by atoms with Gasteiger partial charge in [0.1, 0.15) is 13.2 Å². The normalized spacial score (nSPS) is 14.2. The minimum atomic E-state index is -1.65. The van der Waals surface area contributed by atoms with Crippen LogP contribution in [0.1, 0.15) is 232 Å². The van der Waals surface area contributed by atoms with Gasteiger partial charge in [-0.1, -0.05) is 301 Å². The number of hydrogen-bond donors (Lipinski definition) is 0. The number of carbonyl (C=O) groups is 3. The molecule has 0 aliphatic heterocycles. The Labute approximate surface area is 604 Å². The third-order valence-corrected chi connectivity index (χ3v) is 14.8. The van der Waals surface area contributed by atoms with E-state index in [2.05, 4.69) is 269 Å². The number of aliphatic carboxylic acids is 1. The van der Waals surface area contributed by atoms with Crippen LogP contribution in [-0.4, -0.2) is 82.3 Å². The van der Waals surface area contributed by atoms with Crippen LogP contribution in [0.4, 0.5) is 0 Å². The number of nitrogens with zero attached hydrogens (tertiary/aromatic N) is 1. The molecule has 2 unspecified atom stereocenters.